The maximum absolute atomic E-state index is 12.5. The van der Waals surface area contributed by atoms with Crippen molar-refractivity contribution in [1.82, 2.24) is 0 Å². The number of rotatable bonds is 8. The molecule has 0 aliphatic rings. The molecular formula is C19H20ClNO4. The second-order valence-electron chi connectivity index (χ2n) is 5.53. The Labute approximate surface area is 151 Å². The number of carboxylic acid groups (broad SMARTS) is 1. The van der Waals surface area contributed by atoms with Gasteiger partial charge in [0.25, 0.3) is 5.91 Å². The Morgan fingerprint density at radius 2 is 1.96 bits per heavy atom. The zero-order chi connectivity index (χ0) is 18.2. The molecule has 0 aliphatic carbocycles. The molecule has 2 N–H and O–H groups in total. The van der Waals surface area contributed by atoms with E-state index in [2.05, 4.69) is 5.32 Å². The third kappa shape index (κ3) is 5.80. The molecule has 0 saturated carbocycles. The number of carboxylic acids is 1. The van der Waals surface area contributed by atoms with Crippen LogP contribution in [0.3, 0.4) is 0 Å². The number of aliphatic carboxylic acids is 1. The van der Waals surface area contributed by atoms with Gasteiger partial charge in [-0.25, -0.2) is 0 Å². The van der Waals surface area contributed by atoms with Gasteiger partial charge in [-0.1, -0.05) is 42.8 Å². The number of para-hydroxylation sites is 1. The summed E-state index contributed by atoms with van der Waals surface area (Å²) in [6.07, 6.45) is 0.259. The Kier molecular flexibility index (Phi) is 6.83. The van der Waals surface area contributed by atoms with Gasteiger partial charge < -0.3 is 15.2 Å². The number of halogens is 1. The molecule has 25 heavy (non-hydrogen) atoms. The van der Waals surface area contributed by atoms with Gasteiger partial charge in [-0.05, 0) is 42.7 Å². The predicted molar refractivity (Wildman–Crippen MR) is 97.2 cm³/mol. The number of nitrogens with one attached hydrogen (secondary N) is 1. The Morgan fingerprint density at radius 3 is 2.64 bits per heavy atom. The summed E-state index contributed by atoms with van der Waals surface area (Å²) in [5.74, 6) is -0.673. The van der Waals surface area contributed by atoms with Crippen LogP contribution in [0.15, 0.2) is 48.5 Å². The van der Waals surface area contributed by atoms with Gasteiger partial charge >= 0.3 is 5.97 Å². The largest absolute Gasteiger partial charge is 0.481 e. The fourth-order valence-corrected chi connectivity index (χ4v) is 2.47. The maximum Gasteiger partial charge on any atom is 0.303 e. The molecule has 0 radical (unpaired) electrons. The van der Waals surface area contributed by atoms with Crippen LogP contribution in [0.25, 0.3) is 0 Å². The van der Waals surface area contributed by atoms with Gasteiger partial charge in [-0.3, -0.25) is 9.59 Å². The fraction of sp³-hybridized carbons (Fsp3) is 0.263. The van der Waals surface area contributed by atoms with Crippen molar-refractivity contribution in [2.75, 3.05) is 5.32 Å². The Morgan fingerprint density at radius 1 is 1.20 bits per heavy atom. The molecule has 2 aromatic carbocycles. The van der Waals surface area contributed by atoms with Gasteiger partial charge in [0.1, 0.15) is 5.75 Å². The standard InChI is InChI=1S/C19H20ClNO4/c1-2-16(25-17-9-4-3-8-15(17)20)19(24)21-14-7-5-6-13(12-14)10-11-18(22)23/h3-9,12,16H,2,10-11H2,1H3,(H,21,24)(H,22,23). The summed E-state index contributed by atoms with van der Waals surface area (Å²) in [7, 11) is 0. The summed E-state index contributed by atoms with van der Waals surface area (Å²) in [6, 6.07) is 14.1. The lowest BCUT2D eigenvalue weighted by atomic mass is 10.1. The first-order valence-corrected chi connectivity index (χ1v) is 8.40. The zero-order valence-corrected chi connectivity index (χ0v) is 14.6. The van der Waals surface area contributed by atoms with E-state index < -0.39 is 12.1 Å². The van der Waals surface area contributed by atoms with Crippen molar-refractivity contribution >= 4 is 29.2 Å². The fourth-order valence-electron chi connectivity index (χ4n) is 2.29. The van der Waals surface area contributed by atoms with Crippen molar-refractivity contribution in [2.24, 2.45) is 0 Å². The number of benzene rings is 2. The Bertz CT molecular complexity index is 748. The highest BCUT2D eigenvalue weighted by Gasteiger charge is 2.19. The first-order chi connectivity index (χ1) is 12.0. The SMILES string of the molecule is CCC(Oc1ccccc1Cl)C(=O)Nc1cccc(CCC(=O)O)c1. The monoisotopic (exact) mass is 361 g/mol. The highest BCUT2D eigenvalue weighted by Crippen LogP contribution is 2.25. The van der Waals surface area contributed by atoms with E-state index in [-0.39, 0.29) is 12.3 Å². The van der Waals surface area contributed by atoms with E-state index in [4.69, 9.17) is 21.4 Å². The minimum absolute atomic E-state index is 0.0462. The molecule has 1 atom stereocenters. The van der Waals surface area contributed by atoms with Gasteiger partial charge in [0.2, 0.25) is 0 Å². The van der Waals surface area contributed by atoms with Crippen LogP contribution in [0.1, 0.15) is 25.3 Å². The topological polar surface area (TPSA) is 75.6 Å². The van der Waals surface area contributed by atoms with E-state index in [0.29, 0.717) is 29.3 Å². The molecule has 6 heteroatoms. The molecule has 0 fully saturated rings. The van der Waals surface area contributed by atoms with Crippen molar-refractivity contribution in [2.45, 2.75) is 32.3 Å². The number of carbonyl (C=O) groups excluding carboxylic acids is 1. The summed E-state index contributed by atoms with van der Waals surface area (Å²) in [4.78, 5) is 23.1. The molecule has 0 aromatic heterocycles. The Hall–Kier alpha value is -2.53. The molecule has 0 heterocycles. The van der Waals surface area contributed by atoms with Crippen LogP contribution < -0.4 is 10.1 Å². The number of hydrogen-bond donors (Lipinski definition) is 2. The van der Waals surface area contributed by atoms with E-state index >= 15 is 0 Å². The van der Waals surface area contributed by atoms with Gasteiger partial charge in [0.05, 0.1) is 5.02 Å². The molecule has 2 rings (SSSR count). The summed E-state index contributed by atoms with van der Waals surface area (Å²) in [5.41, 5.74) is 1.45. The van der Waals surface area contributed by atoms with Crippen molar-refractivity contribution in [3.8, 4) is 5.75 Å². The molecule has 132 valence electrons. The van der Waals surface area contributed by atoms with Crippen LogP contribution in [0.5, 0.6) is 5.75 Å². The van der Waals surface area contributed by atoms with Crippen LogP contribution >= 0.6 is 11.6 Å². The highest BCUT2D eigenvalue weighted by atomic mass is 35.5. The molecule has 0 aliphatic heterocycles. The molecule has 1 amide bonds. The van der Waals surface area contributed by atoms with Crippen molar-refractivity contribution < 1.29 is 19.4 Å². The quantitative estimate of drug-likeness (QED) is 0.740. The minimum atomic E-state index is -0.853. The van der Waals surface area contributed by atoms with Crippen molar-refractivity contribution in [1.29, 1.82) is 0 Å². The first-order valence-electron chi connectivity index (χ1n) is 8.02. The molecule has 2 aromatic rings. The first kappa shape index (κ1) is 18.8. The smallest absolute Gasteiger partial charge is 0.303 e. The molecule has 0 bridgehead atoms. The van der Waals surface area contributed by atoms with Crippen LogP contribution in [-0.4, -0.2) is 23.1 Å². The van der Waals surface area contributed by atoms with Gasteiger partial charge in [-0.2, -0.15) is 0 Å². The average molecular weight is 362 g/mol. The van der Waals surface area contributed by atoms with Crippen LogP contribution in [0.2, 0.25) is 5.02 Å². The minimum Gasteiger partial charge on any atom is -0.481 e. The van der Waals surface area contributed by atoms with Gasteiger partial charge in [-0.15, -0.1) is 0 Å². The predicted octanol–water partition coefficient (Wildman–Crippen LogP) is 4.15. The molecule has 5 nitrogen and oxygen atoms in total. The summed E-state index contributed by atoms with van der Waals surface area (Å²) < 4.78 is 5.72. The van der Waals surface area contributed by atoms with Crippen molar-refractivity contribution in [3.63, 3.8) is 0 Å². The maximum atomic E-state index is 12.5. The normalized spacial score (nSPS) is 11.6. The second-order valence-corrected chi connectivity index (χ2v) is 5.94. The molecule has 0 spiro atoms. The Balaban J connectivity index is 2.03. The van der Waals surface area contributed by atoms with Crippen LogP contribution in [0.4, 0.5) is 5.69 Å². The van der Waals surface area contributed by atoms with Crippen LogP contribution in [-0.2, 0) is 16.0 Å². The van der Waals surface area contributed by atoms with Crippen molar-refractivity contribution in [3.05, 3.63) is 59.1 Å². The lowest BCUT2D eigenvalue weighted by Gasteiger charge is -2.18. The zero-order valence-electron chi connectivity index (χ0n) is 13.9. The average Bonchev–Trinajstić information content (AvgIpc) is 2.59. The van der Waals surface area contributed by atoms with E-state index in [1.54, 1.807) is 42.5 Å². The number of anilines is 1. The van der Waals surface area contributed by atoms with E-state index in [9.17, 15) is 9.59 Å². The second kappa shape index (κ2) is 9.08. The lowest BCUT2D eigenvalue weighted by molar-refractivity contribution is -0.137. The summed E-state index contributed by atoms with van der Waals surface area (Å²) >= 11 is 6.07. The number of hydrogen-bond acceptors (Lipinski definition) is 3. The summed E-state index contributed by atoms with van der Waals surface area (Å²) in [5, 5.41) is 12.0. The highest BCUT2D eigenvalue weighted by molar-refractivity contribution is 6.32. The van der Waals surface area contributed by atoms with Crippen LogP contribution in [0, 0.1) is 0 Å². The van der Waals surface area contributed by atoms with E-state index in [1.165, 1.54) is 0 Å². The van der Waals surface area contributed by atoms with E-state index in [0.717, 1.165) is 5.56 Å². The number of aryl methyl sites for hydroxylation is 1. The third-order valence-electron chi connectivity index (χ3n) is 3.59. The summed E-state index contributed by atoms with van der Waals surface area (Å²) in [6.45, 7) is 1.85. The number of carbonyl (C=O) groups is 2. The molecule has 1 unspecified atom stereocenters. The van der Waals surface area contributed by atoms with E-state index in [1.807, 2.05) is 13.0 Å². The lowest BCUT2D eigenvalue weighted by Crippen LogP contribution is -2.32. The molecular weight excluding hydrogens is 342 g/mol. The molecule has 0 saturated heterocycles. The van der Waals surface area contributed by atoms with Gasteiger partial charge in [0, 0.05) is 12.1 Å². The third-order valence-corrected chi connectivity index (χ3v) is 3.90. The number of amides is 1. The number of ether oxygens (including phenoxy) is 1. The van der Waals surface area contributed by atoms with Gasteiger partial charge in [0.15, 0.2) is 6.10 Å².